The van der Waals surface area contributed by atoms with Gasteiger partial charge in [-0.1, -0.05) is 48.5 Å². The molecule has 3 aromatic rings. The van der Waals surface area contributed by atoms with Crippen LogP contribution in [0.2, 0.25) is 0 Å². The van der Waals surface area contributed by atoms with E-state index >= 15 is 0 Å². The molecule has 0 N–H and O–H groups in total. The molecular weight excluding hydrogens is 624 g/mol. The number of fused-ring (bicyclic) bond motifs is 1. The number of carbonyl (C=O) groups excluding carboxylic acids is 1. The highest BCUT2D eigenvalue weighted by molar-refractivity contribution is 7.97. The van der Waals surface area contributed by atoms with E-state index in [-0.39, 0.29) is 17.0 Å². The average molecular weight is 647 g/mol. The second-order valence-electron chi connectivity index (χ2n) is 8.89. The SMILES string of the molecule is FC(F)(F)COC1CC[S+](c2cccc3ccccc23)C1.O=C(OC(C(F)(F)F)C(F)(F)S(=O)(=O)[O-])c1ccccc1. The van der Waals surface area contributed by atoms with E-state index in [0.29, 0.717) is 12.2 Å². The van der Waals surface area contributed by atoms with Crippen LogP contribution in [0.3, 0.4) is 0 Å². The molecule has 1 aliphatic heterocycles. The first kappa shape index (κ1) is 33.6. The van der Waals surface area contributed by atoms with E-state index in [1.807, 2.05) is 18.2 Å². The summed E-state index contributed by atoms with van der Waals surface area (Å²) in [6.45, 7) is -1.13. The summed E-state index contributed by atoms with van der Waals surface area (Å²) in [5.41, 5.74) is -0.522. The lowest BCUT2D eigenvalue weighted by Gasteiger charge is -2.29. The molecule has 0 aromatic heterocycles. The number of halogens is 8. The third-order valence-corrected chi connectivity index (χ3v) is 9.15. The van der Waals surface area contributed by atoms with E-state index < -0.39 is 52.0 Å². The van der Waals surface area contributed by atoms with Crippen molar-refractivity contribution >= 4 is 37.8 Å². The predicted molar refractivity (Wildman–Crippen MR) is 136 cm³/mol. The van der Waals surface area contributed by atoms with Gasteiger partial charge in [-0.3, -0.25) is 0 Å². The molecule has 6 nitrogen and oxygen atoms in total. The van der Waals surface area contributed by atoms with Crippen LogP contribution in [0.1, 0.15) is 16.8 Å². The van der Waals surface area contributed by atoms with Gasteiger partial charge in [-0.25, -0.2) is 13.2 Å². The van der Waals surface area contributed by atoms with Crippen LogP contribution in [0.5, 0.6) is 0 Å². The van der Waals surface area contributed by atoms with Crippen molar-refractivity contribution in [2.24, 2.45) is 0 Å². The summed E-state index contributed by atoms with van der Waals surface area (Å²) in [5, 5.41) is -3.46. The van der Waals surface area contributed by atoms with Crippen LogP contribution in [-0.4, -0.2) is 66.9 Å². The number of rotatable bonds is 7. The van der Waals surface area contributed by atoms with Gasteiger partial charge in [0.05, 0.1) is 5.56 Å². The Bertz CT molecular complexity index is 1460. The van der Waals surface area contributed by atoms with Crippen molar-refractivity contribution in [2.45, 2.75) is 41.1 Å². The van der Waals surface area contributed by atoms with Crippen molar-refractivity contribution < 1.29 is 62.4 Å². The van der Waals surface area contributed by atoms with Crippen LogP contribution in [-0.2, 0) is 30.5 Å². The van der Waals surface area contributed by atoms with Crippen LogP contribution < -0.4 is 0 Å². The number of ether oxygens (including phenoxy) is 2. The first-order valence-corrected chi connectivity index (χ1v) is 14.9. The number of alkyl halides is 8. The summed E-state index contributed by atoms with van der Waals surface area (Å²) in [4.78, 5) is 12.6. The van der Waals surface area contributed by atoms with Gasteiger partial charge in [0.2, 0.25) is 0 Å². The minimum Gasteiger partial charge on any atom is -0.743 e. The summed E-state index contributed by atoms with van der Waals surface area (Å²) in [5.74, 6) is -0.234. The number of benzene rings is 3. The molecule has 3 unspecified atom stereocenters. The molecule has 1 aliphatic rings. The minimum atomic E-state index is -6.69. The highest BCUT2D eigenvalue weighted by Crippen LogP contribution is 2.38. The number of hydrogen-bond donors (Lipinski definition) is 0. The maximum atomic E-state index is 13.1. The smallest absolute Gasteiger partial charge is 0.432 e. The van der Waals surface area contributed by atoms with E-state index in [1.54, 1.807) is 0 Å². The molecule has 0 saturated carbocycles. The molecule has 0 aliphatic carbocycles. The van der Waals surface area contributed by atoms with Crippen LogP contribution in [0.25, 0.3) is 10.8 Å². The van der Waals surface area contributed by atoms with Crippen LogP contribution in [0, 0.1) is 0 Å². The summed E-state index contributed by atoms with van der Waals surface area (Å²) in [7, 11) is -6.71. The Hall–Kier alpha value is -2.95. The standard InChI is InChI=1S/C16H16F3OS.C10H7F5O5S/c17-16(18,19)11-20-13-8-9-21(10-13)15-7-3-5-12-4-1-2-6-14(12)15;11-9(12,13)8(10(14,15)21(17,18)19)20-7(16)6-4-2-1-3-5-6/h1-7,13H,8-11H2;1-5,8H,(H,17,18,19)/q+1;/p-1. The van der Waals surface area contributed by atoms with Crippen LogP contribution in [0.15, 0.2) is 77.7 Å². The van der Waals surface area contributed by atoms with Crippen molar-refractivity contribution in [3.05, 3.63) is 78.4 Å². The minimum absolute atomic E-state index is 0.0159. The summed E-state index contributed by atoms with van der Waals surface area (Å²) < 4.78 is 139. The lowest BCUT2D eigenvalue weighted by Crippen LogP contribution is -2.52. The van der Waals surface area contributed by atoms with Gasteiger partial charge in [0.15, 0.2) is 15.0 Å². The lowest BCUT2D eigenvalue weighted by atomic mass is 10.1. The van der Waals surface area contributed by atoms with E-state index in [4.69, 9.17) is 4.74 Å². The van der Waals surface area contributed by atoms with Crippen molar-refractivity contribution in [3.8, 4) is 0 Å². The zero-order valence-corrected chi connectivity index (χ0v) is 22.8. The van der Waals surface area contributed by atoms with Gasteiger partial charge in [0.1, 0.15) is 24.2 Å². The van der Waals surface area contributed by atoms with Crippen molar-refractivity contribution in [1.82, 2.24) is 0 Å². The van der Waals surface area contributed by atoms with Crippen LogP contribution >= 0.6 is 0 Å². The number of esters is 1. The number of hydrogen-bond acceptors (Lipinski definition) is 6. The van der Waals surface area contributed by atoms with E-state index in [0.717, 1.165) is 17.9 Å². The first-order chi connectivity index (χ1) is 19.4. The molecule has 16 heteroatoms. The summed E-state index contributed by atoms with van der Waals surface area (Å²) in [6.07, 6.45) is -14.1. The van der Waals surface area contributed by atoms with Gasteiger partial charge < -0.3 is 14.0 Å². The molecule has 1 saturated heterocycles. The Morgan fingerprint density at radius 3 is 2.10 bits per heavy atom. The van der Waals surface area contributed by atoms with E-state index in [9.17, 15) is 52.9 Å². The molecule has 0 radical (unpaired) electrons. The maximum Gasteiger partial charge on any atom is 0.432 e. The number of carbonyl (C=O) groups is 1. The fourth-order valence-electron chi connectivity index (χ4n) is 3.86. The molecule has 0 spiro atoms. The molecule has 1 fully saturated rings. The van der Waals surface area contributed by atoms with Crippen molar-refractivity contribution in [2.75, 3.05) is 18.1 Å². The molecule has 0 bridgehead atoms. The van der Waals surface area contributed by atoms with Gasteiger partial charge in [-0.15, -0.1) is 0 Å². The van der Waals surface area contributed by atoms with Crippen molar-refractivity contribution in [1.29, 1.82) is 0 Å². The Kier molecular flexibility index (Phi) is 10.5. The third kappa shape index (κ3) is 8.78. The van der Waals surface area contributed by atoms with Gasteiger partial charge >= 0.3 is 23.6 Å². The largest absolute Gasteiger partial charge is 0.743 e. The zero-order valence-electron chi connectivity index (χ0n) is 21.2. The van der Waals surface area contributed by atoms with Gasteiger partial charge in [0.25, 0.3) is 6.10 Å². The molecule has 1 heterocycles. The third-order valence-electron chi connectivity index (χ3n) is 5.79. The fourth-order valence-corrected chi connectivity index (χ4v) is 6.90. The maximum absolute atomic E-state index is 13.1. The van der Waals surface area contributed by atoms with Crippen molar-refractivity contribution in [3.63, 3.8) is 0 Å². The Morgan fingerprint density at radius 2 is 1.50 bits per heavy atom. The summed E-state index contributed by atoms with van der Waals surface area (Å²) >= 11 is 0. The Balaban J connectivity index is 0.000000230. The second-order valence-corrected chi connectivity index (χ2v) is 12.5. The molecule has 0 amide bonds. The van der Waals surface area contributed by atoms with Crippen LogP contribution in [0.4, 0.5) is 35.1 Å². The quantitative estimate of drug-likeness (QED) is 0.134. The first-order valence-electron chi connectivity index (χ1n) is 11.9. The van der Waals surface area contributed by atoms with E-state index in [2.05, 4.69) is 29.0 Å². The van der Waals surface area contributed by atoms with Gasteiger partial charge in [-0.05, 0) is 29.7 Å². The lowest BCUT2D eigenvalue weighted by molar-refractivity contribution is -0.248. The highest BCUT2D eigenvalue weighted by atomic mass is 32.2. The molecular formula is C26H22F8O6S2. The molecule has 42 heavy (non-hydrogen) atoms. The normalized spacial score (nSPS) is 18.7. The summed E-state index contributed by atoms with van der Waals surface area (Å²) in [6, 6.07) is 20.1. The molecule has 3 aromatic carbocycles. The topological polar surface area (TPSA) is 92.7 Å². The van der Waals surface area contributed by atoms with E-state index in [1.165, 1.54) is 33.9 Å². The molecule has 3 atom stereocenters. The highest BCUT2D eigenvalue weighted by Gasteiger charge is 2.63. The van der Waals surface area contributed by atoms with Gasteiger partial charge in [-0.2, -0.15) is 35.1 Å². The molecule has 230 valence electrons. The molecule has 4 rings (SSSR count). The van der Waals surface area contributed by atoms with Gasteiger partial charge in [0, 0.05) is 22.7 Å². The Labute approximate surface area is 237 Å². The monoisotopic (exact) mass is 646 g/mol. The Morgan fingerprint density at radius 1 is 0.905 bits per heavy atom. The fraction of sp³-hybridized carbons (Fsp3) is 0.346. The predicted octanol–water partition coefficient (Wildman–Crippen LogP) is 6.08. The average Bonchev–Trinajstić information content (AvgIpc) is 3.38. The second kappa shape index (κ2) is 13.1. The zero-order chi connectivity index (χ0) is 31.3.